The number of benzene rings is 1. The van der Waals surface area contributed by atoms with Crippen LogP contribution >= 0.6 is 11.6 Å². The van der Waals surface area contributed by atoms with Gasteiger partial charge in [-0.15, -0.1) is 0 Å². The van der Waals surface area contributed by atoms with E-state index in [-0.39, 0.29) is 5.02 Å². The van der Waals surface area contributed by atoms with E-state index in [4.69, 9.17) is 16.3 Å². The second-order valence-electron chi connectivity index (χ2n) is 4.39. The summed E-state index contributed by atoms with van der Waals surface area (Å²) in [6, 6.07) is 1.23. The van der Waals surface area contributed by atoms with Gasteiger partial charge in [-0.25, -0.2) is 4.39 Å². The maximum absolute atomic E-state index is 14.1. The number of nitro groups is 1. The van der Waals surface area contributed by atoms with Crippen LogP contribution in [0.1, 0.15) is 5.69 Å². The Kier molecular flexibility index (Phi) is 4.20. The summed E-state index contributed by atoms with van der Waals surface area (Å²) < 4.78 is 57.8. The van der Waals surface area contributed by atoms with E-state index in [0.29, 0.717) is 16.8 Å². The van der Waals surface area contributed by atoms with E-state index in [2.05, 4.69) is 5.10 Å². The molecule has 0 aliphatic heterocycles. The molecule has 124 valence electrons. The van der Waals surface area contributed by atoms with Gasteiger partial charge in [0.05, 0.1) is 17.1 Å². The Morgan fingerprint density at radius 3 is 2.43 bits per heavy atom. The number of halogens is 5. The molecule has 0 N–H and O–H groups in total. The molecule has 1 heterocycles. The highest BCUT2D eigenvalue weighted by Gasteiger charge is 2.37. The number of nitro benzene ring substituents is 1. The van der Waals surface area contributed by atoms with Gasteiger partial charge in [-0.05, 0) is 12.1 Å². The number of rotatable bonds is 3. The lowest BCUT2D eigenvalue weighted by molar-refractivity contribution is -0.385. The van der Waals surface area contributed by atoms with Crippen molar-refractivity contribution in [3.05, 3.63) is 38.8 Å². The Hall–Kier alpha value is -2.36. The number of methoxy groups -OCH3 is 1. The fourth-order valence-corrected chi connectivity index (χ4v) is 2.32. The van der Waals surface area contributed by atoms with Crippen LogP contribution in [0.5, 0.6) is 5.75 Å². The SMILES string of the molecule is COc1c(Cl)cc(F)c(-c2cc(C(F)(F)F)n(C)n2)c1[N+](=O)[O-]. The Balaban J connectivity index is 2.81. The largest absolute Gasteiger partial charge is 0.489 e. The van der Waals surface area contributed by atoms with Crippen LogP contribution in [0.4, 0.5) is 23.2 Å². The van der Waals surface area contributed by atoms with Gasteiger partial charge in [-0.2, -0.15) is 18.3 Å². The lowest BCUT2D eigenvalue weighted by atomic mass is 10.1. The average molecular weight is 354 g/mol. The third-order valence-corrected chi connectivity index (χ3v) is 3.25. The fourth-order valence-electron chi connectivity index (χ4n) is 2.06. The molecular formula is C12H8ClF4N3O3. The summed E-state index contributed by atoms with van der Waals surface area (Å²) in [5.41, 5.74) is -3.37. The standard InChI is InChI=1S/C12H8ClF4N3O3/c1-19-8(12(15,16)17)4-7(18-19)9-6(14)3-5(13)11(23-2)10(9)20(21)22/h3-4H,1-2H3. The monoisotopic (exact) mass is 353 g/mol. The van der Waals surface area contributed by atoms with E-state index in [1.165, 1.54) is 0 Å². The number of hydrogen-bond donors (Lipinski definition) is 0. The van der Waals surface area contributed by atoms with Crippen molar-refractivity contribution >= 4 is 17.3 Å². The zero-order valence-corrected chi connectivity index (χ0v) is 12.4. The molecule has 0 spiro atoms. The molecule has 1 aromatic carbocycles. The Bertz CT molecular complexity index is 789. The number of alkyl halides is 3. The van der Waals surface area contributed by atoms with Crippen molar-refractivity contribution in [1.29, 1.82) is 0 Å². The Morgan fingerprint density at radius 1 is 1.39 bits per heavy atom. The minimum atomic E-state index is -4.75. The molecular weight excluding hydrogens is 346 g/mol. The summed E-state index contributed by atoms with van der Waals surface area (Å²) in [5.74, 6) is -1.65. The third-order valence-electron chi connectivity index (χ3n) is 2.97. The number of aryl methyl sites for hydroxylation is 1. The molecule has 2 rings (SSSR count). The first kappa shape index (κ1) is 17.0. The topological polar surface area (TPSA) is 70.2 Å². The van der Waals surface area contributed by atoms with Gasteiger partial charge < -0.3 is 4.74 Å². The molecule has 11 heteroatoms. The molecule has 23 heavy (non-hydrogen) atoms. The summed E-state index contributed by atoms with van der Waals surface area (Å²) >= 11 is 5.67. The Morgan fingerprint density at radius 2 is 2.00 bits per heavy atom. The van der Waals surface area contributed by atoms with E-state index in [1.54, 1.807) is 0 Å². The van der Waals surface area contributed by atoms with Gasteiger partial charge in [0.1, 0.15) is 22.8 Å². The summed E-state index contributed by atoms with van der Waals surface area (Å²) in [7, 11) is 2.05. The van der Waals surface area contributed by atoms with Gasteiger partial charge in [-0.1, -0.05) is 11.6 Å². The predicted molar refractivity (Wildman–Crippen MR) is 71.8 cm³/mol. The van der Waals surface area contributed by atoms with E-state index in [1.807, 2.05) is 0 Å². The molecule has 0 saturated heterocycles. The Labute approximate surface area is 131 Å². The van der Waals surface area contributed by atoms with Crippen LogP contribution in [0.15, 0.2) is 12.1 Å². The van der Waals surface area contributed by atoms with Crippen LogP contribution in [-0.2, 0) is 13.2 Å². The maximum atomic E-state index is 14.1. The molecule has 0 fully saturated rings. The van der Waals surface area contributed by atoms with Gasteiger partial charge in [0, 0.05) is 7.05 Å². The highest BCUT2D eigenvalue weighted by Crippen LogP contribution is 2.44. The molecule has 0 aliphatic carbocycles. The van der Waals surface area contributed by atoms with Crippen molar-refractivity contribution in [3.63, 3.8) is 0 Å². The first-order valence-corrected chi connectivity index (χ1v) is 6.27. The minimum absolute atomic E-state index is 0.382. The summed E-state index contributed by atoms with van der Waals surface area (Å²) in [6.07, 6.45) is -4.75. The lowest BCUT2D eigenvalue weighted by Gasteiger charge is -2.08. The molecule has 2 aromatic rings. The predicted octanol–water partition coefficient (Wildman–Crippen LogP) is 3.82. The van der Waals surface area contributed by atoms with Gasteiger partial charge in [-0.3, -0.25) is 14.8 Å². The molecule has 6 nitrogen and oxygen atoms in total. The number of ether oxygens (including phenoxy) is 1. The van der Waals surface area contributed by atoms with Gasteiger partial charge in [0.15, 0.2) is 0 Å². The van der Waals surface area contributed by atoms with E-state index in [0.717, 1.165) is 14.2 Å². The van der Waals surface area contributed by atoms with Gasteiger partial charge >= 0.3 is 11.9 Å². The number of aromatic nitrogens is 2. The summed E-state index contributed by atoms with van der Waals surface area (Å²) in [6.45, 7) is 0. The van der Waals surface area contributed by atoms with Crippen molar-refractivity contribution in [2.24, 2.45) is 7.05 Å². The molecule has 0 bridgehead atoms. The third kappa shape index (κ3) is 2.93. The van der Waals surface area contributed by atoms with Crippen LogP contribution in [0.3, 0.4) is 0 Å². The molecule has 1 aromatic heterocycles. The molecule has 0 saturated carbocycles. The van der Waals surface area contributed by atoms with Gasteiger partial charge in [0.2, 0.25) is 5.75 Å². The average Bonchev–Trinajstić information content (AvgIpc) is 2.79. The second-order valence-corrected chi connectivity index (χ2v) is 4.80. The first-order chi connectivity index (χ1) is 10.6. The van der Waals surface area contributed by atoms with Crippen LogP contribution < -0.4 is 4.74 Å². The van der Waals surface area contributed by atoms with Crippen LogP contribution in [0.25, 0.3) is 11.3 Å². The maximum Gasteiger partial charge on any atom is 0.433 e. The van der Waals surface area contributed by atoms with Crippen LogP contribution in [-0.4, -0.2) is 21.8 Å². The first-order valence-electron chi connectivity index (χ1n) is 5.90. The number of nitrogens with zero attached hydrogens (tertiary/aromatic N) is 3. The van der Waals surface area contributed by atoms with Crippen molar-refractivity contribution in [3.8, 4) is 17.0 Å². The van der Waals surface area contributed by atoms with Crippen LogP contribution in [0, 0.1) is 15.9 Å². The fraction of sp³-hybridized carbons (Fsp3) is 0.250. The van der Waals surface area contributed by atoms with Crippen LogP contribution in [0.2, 0.25) is 5.02 Å². The van der Waals surface area contributed by atoms with Crippen molar-refractivity contribution in [2.45, 2.75) is 6.18 Å². The highest BCUT2D eigenvalue weighted by molar-refractivity contribution is 6.32. The van der Waals surface area contributed by atoms with Crippen molar-refractivity contribution < 1.29 is 27.2 Å². The van der Waals surface area contributed by atoms with Gasteiger partial charge in [0.25, 0.3) is 0 Å². The molecule has 0 unspecified atom stereocenters. The normalized spacial score (nSPS) is 11.6. The smallest absolute Gasteiger partial charge is 0.433 e. The van der Waals surface area contributed by atoms with E-state index >= 15 is 0 Å². The molecule has 0 atom stereocenters. The zero-order chi connectivity index (χ0) is 17.5. The molecule has 0 aliphatic rings. The summed E-state index contributed by atoms with van der Waals surface area (Å²) in [4.78, 5) is 10.2. The zero-order valence-electron chi connectivity index (χ0n) is 11.6. The quantitative estimate of drug-likeness (QED) is 0.478. The summed E-state index contributed by atoms with van der Waals surface area (Å²) in [5, 5.41) is 14.3. The van der Waals surface area contributed by atoms with E-state index in [9.17, 15) is 27.7 Å². The van der Waals surface area contributed by atoms with Crippen molar-refractivity contribution in [1.82, 2.24) is 9.78 Å². The second kappa shape index (κ2) is 5.69. The highest BCUT2D eigenvalue weighted by atomic mass is 35.5. The lowest BCUT2D eigenvalue weighted by Crippen LogP contribution is -2.11. The van der Waals surface area contributed by atoms with E-state index < -0.39 is 45.3 Å². The molecule has 0 amide bonds. The van der Waals surface area contributed by atoms with Crippen molar-refractivity contribution in [2.75, 3.05) is 7.11 Å². The minimum Gasteiger partial charge on any atom is -0.489 e. The molecule has 0 radical (unpaired) electrons. The number of hydrogen-bond acceptors (Lipinski definition) is 4.